The highest BCUT2D eigenvalue weighted by Crippen LogP contribution is 2.10. The third-order valence-corrected chi connectivity index (χ3v) is 5.68. The number of nitrogens with one attached hydrogen (secondary N) is 3. The Bertz CT molecular complexity index is 1120. The molecule has 0 aliphatic carbocycles. The van der Waals surface area contributed by atoms with E-state index in [0.29, 0.717) is 6.42 Å². The summed E-state index contributed by atoms with van der Waals surface area (Å²) in [4.78, 5) is 51.5. The van der Waals surface area contributed by atoms with Crippen molar-refractivity contribution in [1.82, 2.24) is 16.0 Å². The minimum absolute atomic E-state index is 0.0571. The first kappa shape index (κ1) is 33.3. The summed E-state index contributed by atoms with van der Waals surface area (Å²) in [5.41, 5.74) is 0.953. The van der Waals surface area contributed by atoms with Crippen LogP contribution in [0.5, 0.6) is 0 Å². The number of esters is 1. The number of ether oxygens (including phenoxy) is 3. The van der Waals surface area contributed by atoms with Crippen LogP contribution in [-0.2, 0) is 41.8 Å². The van der Waals surface area contributed by atoms with Crippen molar-refractivity contribution in [2.45, 2.75) is 84.9 Å². The lowest BCUT2D eigenvalue weighted by Gasteiger charge is -2.26. The predicted molar refractivity (Wildman–Crippen MR) is 154 cm³/mol. The molecule has 0 saturated heterocycles. The van der Waals surface area contributed by atoms with Gasteiger partial charge in [-0.2, -0.15) is 0 Å². The number of benzene rings is 2. The molecule has 0 unspecified atom stereocenters. The van der Waals surface area contributed by atoms with Crippen LogP contribution in [0.1, 0.15) is 59.1 Å². The lowest BCUT2D eigenvalue weighted by Crippen LogP contribution is -2.57. The van der Waals surface area contributed by atoms with Crippen LogP contribution in [-0.4, -0.2) is 54.2 Å². The fourth-order valence-corrected chi connectivity index (χ4v) is 3.70. The average Bonchev–Trinajstić information content (AvgIpc) is 2.90. The highest BCUT2D eigenvalue weighted by molar-refractivity contribution is 5.93. The zero-order valence-corrected chi connectivity index (χ0v) is 24.8. The number of hydrogen-bond acceptors (Lipinski definition) is 7. The first-order valence-electron chi connectivity index (χ1n) is 13.8. The summed E-state index contributed by atoms with van der Waals surface area (Å²) in [7, 11) is 0. The number of hydrogen-bond donors (Lipinski definition) is 3. The van der Waals surface area contributed by atoms with E-state index in [1.54, 1.807) is 20.8 Å². The summed E-state index contributed by atoms with van der Waals surface area (Å²) < 4.78 is 16.4. The van der Waals surface area contributed by atoms with Gasteiger partial charge in [-0.25, -0.2) is 9.59 Å². The maximum atomic E-state index is 13.3. The molecule has 3 amide bonds. The molecule has 0 saturated carbocycles. The Morgan fingerprint density at radius 2 is 1.27 bits per heavy atom. The Labute approximate surface area is 242 Å². The van der Waals surface area contributed by atoms with Crippen molar-refractivity contribution in [3.63, 3.8) is 0 Å². The molecule has 0 radical (unpaired) electrons. The standard InChI is InChI=1S/C31H43N3O7/c1-21(2)17-25(34-30(38)41-31(4,5)6)27(35)33-26(20-39-18-23-13-9-7-10-14-23)28(36)32-22(3)29(37)40-19-24-15-11-8-12-16-24/h7-16,21-22,25-26H,17-20H2,1-6H3,(H,32,36)(H,33,35)(H,34,38)/t22-,25+,26-/m0/s1. The van der Waals surface area contributed by atoms with Crippen molar-refractivity contribution in [2.75, 3.05) is 6.61 Å². The molecule has 2 aromatic carbocycles. The van der Waals surface area contributed by atoms with E-state index in [9.17, 15) is 19.2 Å². The summed E-state index contributed by atoms with van der Waals surface area (Å²) in [5.74, 6) is -1.77. The van der Waals surface area contributed by atoms with Gasteiger partial charge in [0.25, 0.3) is 0 Å². The minimum atomic E-state index is -1.15. The summed E-state index contributed by atoms with van der Waals surface area (Å²) in [6.07, 6.45) is -0.429. The van der Waals surface area contributed by atoms with Gasteiger partial charge in [0.1, 0.15) is 30.3 Å². The normalized spacial score (nSPS) is 13.4. The van der Waals surface area contributed by atoms with Gasteiger partial charge in [0.2, 0.25) is 11.8 Å². The van der Waals surface area contributed by atoms with Crippen LogP contribution in [0.3, 0.4) is 0 Å². The largest absolute Gasteiger partial charge is 0.459 e. The molecule has 2 rings (SSSR count). The molecular formula is C31H43N3O7. The van der Waals surface area contributed by atoms with E-state index < -0.39 is 47.6 Å². The van der Waals surface area contributed by atoms with Crippen molar-refractivity contribution in [2.24, 2.45) is 5.92 Å². The Morgan fingerprint density at radius 3 is 1.80 bits per heavy atom. The lowest BCUT2D eigenvalue weighted by atomic mass is 10.0. The molecule has 0 heterocycles. The maximum Gasteiger partial charge on any atom is 0.408 e. The van der Waals surface area contributed by atoms with Gasteiger partial charge >= 0.3 is 12.1 Å². The molecule has 3 N–H and O–H groups in total. The summed E-state index contributed by atoms with van der Waals surface area (Å²) in [5, 5.41) is 7.88. The van der Waals surface area contributed by atoms with Gasteiger partial charge in [0.05, 0.1) is 13.2 Å². The van der Waals surface area contributed by atoms with Crippen LogP contribution in [0, 0.1) is 5.92 Å². The van der Waals surface area contributed by atoms with E-state index >= 15 is 0 Å². The van der Waals surface area contributed by atoms with Gasteiger partial charge in [-0.15, -0.1) is 0 Å². The van der Waals surface area contributed by atoms with E-state index in [4.69, 9.17) is 14.2 Å². The third kappa shape index (κ3) is 13.3. The second-order valence-corrected chi connectivity index (χ2v) is 11.2. The lowest BCUT2D eigenvalue weighted by molar-refractivity contribution is -0.149. The first-order valence-corrected chi connectivity index (χ1v) is 13.8. The summed E-state index contributed by atoms with van der Waals surface area (Å²) in [6, 6.07) is 15.5. The van der Waals surface area contributed by atoms with Crippen LogP contribution in [0.15, 0.2) is 60.7 Å². The molecule has 0 fully saturated rings. The second-order valence-electron chi connectivity index (χ2n) is 11.2. The summed E-state index contributed by atoms with van der Waals surface area (Å²) >= 11 is 0. The van der Waals surface area contributed by atoms with Crippen LogP contribution in [0.4, 0.5) is 4.79 Å². The van der Waals surface area contributed by atoms with Crippen LogP contribution >= 0.6 is 0 Å². The van der Waals surface area contributed by atoms with Gasteiger partial charge < -0.3 is 30.2 Å². The van der Waals surface area contributed by atoms with E-state index in [-0.39, 0.29) is 25.7 Å². The topological polar surface area (TPSA) is 132 Å². The van der Waals surface area contributed by atoms with Gasteiger partial charge in [-0.05, 0) is 51.2 Å². The average molecular weight is 570 g/mol. The molecule has 0 aliphatic rings. The van der Waals surface area contributed by atoms with Crippen molar-refractivity contribution in [3.05, 3.63) is 71.8 Å². The minimum Gasteiger partial charge on any atom is -0.459 e. The number of rotatable bonds is 14. The van der Waals surface area contributed by atoms with Gasteiger partial charge in [0, 0.05) is 0 Å². The van der Waals surface area contributed by atoms with Crippen molar-refractivity contribution < 1.29 is 33.4 Å². The van der Waals surface area contributed by atoms with Crippen molar-refractivity contribution in [3.8, 4) is 0 Å². The quantitative estimate of drug-likeness (QED) is 0.294. The predicted octanol–water partition coefficient (Wildman–Crippen LogP) is 3.88. The van der Waals surface area contributed by atoms with Crippen LogP contribution < -0.4 is 16.0 Å². The fourth-order valence-electron chi connectivity index (χ4n) is 3.70. The van der Waals surface area contributed by atoms with Gasteiger partial charge in [-0.1, -0.05) is 74.5 Å². The molecule has 10 nitrogen and oxygen atoms in total. The Morgan fingerprint density at radius 1 is 0.732 bits per heavy atom. The number of amides is 3. The van der Waals surface area contributed by atoms with Gasteiger partial charge in [-0.3, -0.25) is 9.59 Å². The molecule has 41 heavy (non-hydrogen) atoms. The Hall–Kier alpha value is -3.92. The Kier molecular flexibility index (Phi) is 13.3. The number of alkyl carbamates (subject to hydrolysis) is 1. The third-order valence-electron chi connectivity index (χ3n) is 5.68. The fraction of sp³-hybridized carbons (Fsp3) is 0.484. The van der Waals surface area contributed by atoms with Crippen molar-refractivity contribution >= 4 is 23.9 Å². The molecule has 0 bridgehead atoms. The van der Waals surface area contributed by atoms with Crippen molar-refractivity contribution in [1.29, 1.82) is 0 Å². The van der Waals surface area contributed by atoms with E-state index in [1.807, 2.05) is 74.5 Å². The second kappa shape index (κ2) is 16.4. The van der Waals surface area contributed by atoms with Gasteiger partial charge in [0.15, 0.2) is 0 Å². The zero-order valence-electron chi connectivity index (χ0n) is 24.8. The van der Waals surface area contributed by atoms with E-state index in [2.05, 4.69) is 16.0 Å². The zero-order chi connectivity index (χ0) is 30.4. The molecular weight excluding hydrogens is 526 g/mol. The highest BCUT2D eigenvalue weighted by atomic mass is 16.6. The highest BCUT2D eigenvalue weighted by Gasteiger charge is 2.30. The molecule has 3 atom stereocenters. The number of carbonyl (C=O) groups excluding carboxylic acids is 4. The van der Waals surface area contributed by atoms with Crippen LogP contribution in [0.2, 0.25) is 0 Å². The maximum absolute atomic E-state index is 13.3. The summed E-state index contributed by atoms with van der Waals surface area (Å²) in [6.45, 7) is 10.6. The molecule has 0 aliphatic heterocycles. The SMILES string of the molecule is CC(C)C[C@@H](NC(=O)OC(C)(C)C)C(=O)N[C@@H](COCc1ccccc1)C(=O)N[C@@H](C)C(=O)OCc1ccccc1. The molecule has 2 aromatic rings. The van der Waals surface area contributed by atoms with E-state index in [0.717, 1.165) is 11.1 Å². The van der Waals surface area contributed by atoms with E-state index in [1.165, 1.54) is 6.92 Å². The molecule has 10 heteroatoms. The number of carbonyl (C=O) groups is 4. The molecule has 0 aromatic heterocycles. The van der Waals surface area contributed by atoms with Crippen LogP contribution in [0.25, 0.3) is 0 Å². The smallest absolute Gasteiger partial charge is 0.408 e. The Balaban J connectivity index is 2.09. The molecule has 224 valence electrons. The monoisotopic (exact) mass is 569 g/mol. The first-order chi connectivity index (χ1) is 19.3. The molecule has 0 spiro atoms.